The van der Waals surface area contributed by atoms with Gasteiger partial charge in [0.2, 0.25) is 0 Å². The van der Waals surface area contributed by atoms with Crippen LogP contribution in [-0.2, 0) is 0 Å². The second-order valence-electron chi connectivity index (χ2n) is 3.95. The van der Waals surface area contributed by atoms with Gasteiger partial charge in [-0.1, -0.05) is 6.07 Å². The summed E-state index contributed by atoms with van der Waals surface area (Å²) in [5, 5.41) is 6.18. The van der Waals surface area contributed by atoms with Gasteiger partial charge < -0.3 is 5.32 Å². The van der Waals surface area contributed by atoms with E-state index in [9.17, 15) is 0 Å². The molecule has 3 aromatic rings. The Morgan fingerprint density at radius 1 is 1.11 bits per heavy atom. The molecule has 0 spiro atoms. The molecule has 0 bridgehead atoms. The van der Waals surface area contributed by atoms with Gasteiger partial charge in [-0.05, 0) is 30.5 Å². The quantitative estimate of drug-likeness (QED) is 0.765. The molecule has 18 heavy (non-hydrogen) atoms. The summed E-state index contributed by atoms with van der Waals surface area (Å²) in [4.78, 5) is 14.5. The third kappa shape index (κ3) is 1.82. The number of pyridine rings is 1. The van der Waals surface area contributed by atoms with Gasteiger partial charge in [0.15, 0.2) is 5.82 Å². The molecule has 3 heterocycles. The molecule has 0 atom stereocenters. The van der Waals surface area contributed by atoms with E-state index in [0.717, 1.165) is 27.4 Å². The van der Waals surface area contributed by atoms with Crippen molar-refractivity contribution >= 4 is 27.4 Å². The molecular formula is C13H12N4S. The molecule has 0 saturated heterocycles. The van der Waals surface area contributed by atoms with Crippen LogP contribution >= 0.6 is 11.3 Å². The highest BCUT2D eigenvalue weighted by molar-refractivity contribution is 7.16. The van der Waals surface area contributed by atoms with Crippen LogP contribution in [0.3, 0.4) is 0 Å². The van der Waals surface area contributed by atoms with Gasteiger partial charge in [-0.3, -0.25) is 0 Å². The number of aromatic nitrogens is 3. The minimum atomic E-state index is 0.665. The van der Waals surface area contributed by atoms with Crippen LogP contribution in [0.25, 0.3) is 21.7 Å². The topological polar surface area (TPSA) is 50.7 Å². The van der Waals surface area contributed by atoms with E-state index >= 15 is 0 Å². The summed E-state index contributed by atoms with van der Waals surface area (Å²) in [5.74, 6) is 1.51. The fourth-order valence-electron chi connectivity index (χ4n) is 1.83. The predicted octanol–water partition coefficient (Wildman–Crippen LogP) is 3.10. The van der Waals surface area contributed by atoms with E-state index in [1.54, 1.807) is 11.3 Å². The molecule has 0 radical (unpaired) electrons. The van der Waals surface area contributed by atoms with Gasteiger partial charge in [-0.25, -0.2) is 15.0 Å². The van der Waals surface area contributed by atoms with Gasteiger partial charge in [-0.2, -0.15) is 0 Å². The summed E-state index contributed by atoms with van der Waals surface area (Å²) in [7, 11) is 1.87. The van der Waals surface area contributed by atoms with Crippen molar-refractivity contribution < 1.29 is 0 Å². The average Bonchev–Trinajstić information content (AvgIpc) is 2.85. The van der Waals surface area contributed by atoms with E-state index < -0.39 is 0 Å². The first-order valence-electron chi connectivity index (χ1n) is 5.65. The summed E-state index contributed by atoms with van der Waals surface area (Å²) in [6.45, 7) is 1.96. The van der Waals surface area contributed by atoms with Crippen LogP contribution in [0.1, 0.15) is 5.69 Å². The van der Waals surface area contributed by atoms with E-state index in [0.29, 0.717) is 5.82 Å². The molecule has 4 nitrogen and oxygen atoms in total. The summed E-state index contributed by atoms with van der Waals surface area (Å²) in [6.07, 6.45) is 0. The average molecular weight is 256 g/mol. The zero-order valence-electron chi connectivity index (χ0n) is 10.1. The molecule has 5 heteroatoms. The maximum Gasteiger partial charge on any atom is 0.181 e. The normalized spacial score (nSPS) is 10.8. The number of aryl methyl sites for hydroxylation is 1. The molecule has 0 amide bonds. The minimum absolute atomic E-state index is 0.665. The van der Waals surface area contributed by atoms with Crippen molar-refractivity contribution in [2.45, 2.75) is 6.92 Å². The summed E-state index contributed by atoms with van der Waals surface area (Å²) in [5.41, 5.74) is 1.77. The van der Waals surface area contributed by atoms with E-state index in [1.807, 2.05) is 43.6 Å². The van der Waals surface area contributed by atoms with Crippen molar-refractivity contribution in [3.8, 4) is 11.5 Å². The van der Waals surface area contributed by atoms with Crippen molar-refractivity contribution in [1.82, 2.24) is 15.0 Å². The number of hydrogen-bond donors (Lipinski definition) is 1. The largest absolute Gasteiger partial charge is 0.372 e. The molecule has 0 aliphatic carbocycles. The van der Waals surface area contributed by atoms with Crippen molar-refractivity contribution in [2.24, 2.45) is 0 Å². The summed E-state index contributed by atoms with van der Waals surface area (Å²) < 4.78 is 0. The molecule has 3 aromatic heterocycles. The Balaban J connectivity index is 2.23. The number of fused-ring (bicyclic) bond motifs is 1. The van der Waals surface area contributed by atoms with Crippen LogP contribution < -0.4 is 5.32 Å². The van der Waals surface area contributed by atoms with E-state index in [4.69, 9.17) is 0 Å². The van der Waals surface area contributed by atoms with Crippen LogP contribution in [0.5, 0.6) is 0 Å². The third-order valence-corrected chi connectivity index (χ3v) is 3.49. The highest BCUT2D eigenvalue weighted by atomic mass is 32.1. The van der Waals surface area contributed by atoms with E-state index in [-0.39, 0.29) is 0 Å². The number of nitrogens with zero attached hydrogens (tertiary/aromatic N) is 3. The Morgan fingerprint density at radius 2 is 2.00 bits per heavy atom. The highest BCUT2D eigenvalue weighted by Crippen LogP contribution is 2.27. The van der Waals surface area contributed by atoms with Gasteiger partial charge >= 0.3 is 0 Å². The van der Waals surface area contributed by atoms with Crippen LogP contribution in [0.2, 0.25) is 0 Å². The summed E-state index contributed by atoms with van der Waals surface area (Å²) >= 11 is 1.61. The molecule has 1 N–H and O–H groups in total. The number of anilines is 1. The Bertz CT molecular complexity index is 705. The van der Waals surface area contributed by atoms with Gasteiger partial charge in [0, 0.05) is 12.7 Å². The standard InChI is InChI=1S/C13H12N4S/c1-8-4-3-5-10(15-8)12-16-11(14-2)9-6-7-18-13(9)17-12/h3-7H,1-2H3,(H,14,16,17). The van der Waals surface area contributed by atoms with Crippen LogP contribution in [0.15, 0.2) is 29.6 Å². The smallest absolute Gasteiger partial charge is 0.181 e. The van der Waals surface area contributed by atoms with Crippen molar-refractivity contribution in [3.63, 3.8) is 0 Å². The fourth-order valence-corrected chi connectivity index (χ4v) is 2.59. The SMILES string of the molecule is CNc1nc(-c2cccc(C)n2)nc2sccc12. The monoisotopic (exact) mass is 256 g/mol. The molecule has 0 aromatic carbocycles. The molecule has 0 aliphatic rings. The number of rotatable bonds is 2. The molecule has 3 rings (SSSR count). The maximum atomic E-state index is 4.56. The summed E-state index contributed by atoms with van der Waals surface area (Å²) in [6, 6.07) is 7.89. The Labute approximate surface area is 109 Å². The van der Waals surface area contributed by atoms with Gasteiger partial charge in [0.05, 0.1) is 5.39 Å². The first-order valence-corrected chi connectivity index (χ1v) is 6.53. The fraction of sp³-hybridized carbons (Fsp3) is 0.154. The molecule has 0 aliphatic heterocycles. The first-order chi connectivity index (χ1) is 8.78. The van der Waals surface area contributed by atoms with E-state index in [1.165, 1.54) is 0 Å². The van der Waals surface area contributed by atoms with Crippen LogP contribution in [0.4, 0.5) is 5.82 Å². The predicted molar refractivity (Wildman–Crippen MR) is 74.9 cm³/mol. The Morgan fingerprint density at radius 3 is 2.78 bits per heavy atom. The number of hydrogen-bond acceptors (Lipinski definition) is 5. The van der Waals surface area contributed by atoms with Crippen molar-refractivity contribution in [1.29, 1.82) is 0 Å². The zero-order valence-corrected chi connectivity index (χ0v) is 11.0. The zero-order chi connectivity index (χ0) is 12.5. The number of thiophene rings is 1. The van der Waals surface area contributed by atoms with E-state index in [2.05, 4.69) is 20.3 Å². The first kappa shape index (κ1) is 11.1. The third-order valence-electron chi connectivity index (χ3n) is 2.68. The van der Waals surface area contributed by atoms with Crippen LogP contribution in [0, 0.1) is 6.92 Å². The Hall–Kier alpha value is -2.01. The van der Waals surface area contributed by atoms with Crippen molar-refractivity contribution in [3.05, 3.63) is 35.3 Å². The van der Waals surface area contributed by atoms with Crippen LogP contribution in [-0.4, -0.2) is 22.0 Å². The van der Waals surface area contributed by atoms with Gasteiger partial charge in [0.1, 0.15) is 16.3 Å². The van der Waals surface area contributed by atoms with Crippen molar-refractivity contribution in [2.75, 3.05) is 12.4 Å². The second-order valence-corrected chi connectivity index (χ2v) is 4.84. The number of nitrogens with one attached hydrogen (secondary N) is 1. The second kappa shape index (κ2) is 4.34. The molecule has 0 unspecified atom stereocenters. The lowest BCUT2D eigenvalue weighted by Gasteiger charge is -2.05. The lowest BCUT2D eigenvalue weighted by molar-refractivity contribution is 1.14. The van der Waals surface area contributed by atoms with Gasteiger partial charge in [0.25, 0.3) is 0 Å². The minimum Gasteiger partial charge on any atom is -0.372 e. The maximum absolute atomic E-state index is 4.56. The molecular weight excluding hydrogens is 244 g/mol. The molecule has 0 fully saturated rings. The molecule has 0 saturated carbocycles. The Kier molecular flexibility index (Phi) is 2.68. The molecule has 90 valence electrons. The lowest BCUT2D eigenvalue weighted by Crippen LogP contribution is -1.98. The highest BCUT2D eigenvalue weighted by Gasteiger charge is 2.10. The lowest BCUT2D eigenvalue weighted by atomic mass is 10.3. The van der Waals surface area contributed by atoms with Gasteiger partial charge in [-0.15, -0.1) is 11.3 Å².